The quantitative estimate of drug-likeness (QED) is 0.124. The fraction of sp³-hybridized carbons (Fsp3) is 0.0625. The van der Waals surface area contributed by atoms with Gasteiger partial charge in [0, 0.05) is 49.3 Å². The zero-order valence-electron chi connectivity index (χ0n) is 33.1. The van der Waals surface area contributed by atoms with E-state index < -0.39 is 30.5 Å². The smallest absolute Gasteiger partial charge is 0.497 e. The van der Waals surface area contributed by atoms with E-state index in [4.69, 9.17) is 101 Å². The Morgan fingerprint density at radius 3 is 0.667 bits per heavy atom. The average Bonchev–Trinajstić information content (AvgIpc) is 3.24. The largest absolute Gasteiger partial charge is 3.00 e. The molecule has 348 valence electrons. The molecule has 0 aliphatic heterocycles. The second kappa shape index (κ2) is 43.4. The van der Waals surface area contributed by atoms with Crippen molar-refractivity contribution in [2.45, 2.75) is 0 Å². The van der Waals surface area contributed by atoms with Gasteiger partial charge in [0.25, 0.3) is 0 Å². The summed E-state index contributed by atoms with van der Waals surface area (Å²) < 4.78 is 10.3. The van der Waals surface area contributed by atoms with E-state index in [0.29, 0.717) is 0 Å². The molecule has 66 heavy (non-hydrogen) atoms. The summed E-state index contributed by atoms with van der Waals surface area (Å²) in [5.74, 6) is 1.52. The molecule has 0 N–H and O–H groups in total. The van der Waals surface area contributed by atoms with Crippen molar-refractivity contribution >= 4 is 0 Å². The molecule has 0 spiro atoms. The number of rotatable bonds is 5. The van der Waals surface area contributed by atoms with Crippen molar-refractivity contribution < 1.29 is 101 Å². The molecule has 0 saturated heterocycles. The van der Waals surface area contributed by atoms with Crippen LogP contribution in [0.15, 0.2) is 134 Å². The van der Waals surface area contributed by atoms with Crippen LogP contribution in [0.5, 0.6) is 11.5 Å². The molecule has 0 atom stereocenters. The van der Waals surface area contributed by atoms with Gasteiger partial charge < -0.3 is 101 Å². The van der Waals surface area contributed by atoms with Crippen molar-refractivity contribution in [3.05, 3.63) is 226 Å². The third kappa shape index (κ3) is 46.8. The summed E-state index contributed by atoms with van der Waals surface area (Å²) in [7, 11) is 3.25. The molecule has 0 amide bonds. The Kier molecular flexibility index (Phi) is 43.9. The predicted octanol–water partition coefficient (Wildman–Crippen LogP) is 5.01. The maximum absolute atomic E-state index is 8.25. The first kappa shape index (κ1) is 66.8. The Labute approximate surface area is 414 Å². The summed E-state index contributed by atoms with van der Waals surface area (Å²) in [4.78, 5) is 74.7. The fourth-order valence-corrected chi connectivity index (χ4v) is 3.41. The maximum Gasteiger partial charge on any atom is 3.00 e. The normalized spacial score (nSPS) is 8.09. The Balaban J connectivity index is -0.000000226. The molecular weight excluding hydrogens is 1110 g/mol. The first-order chi connectivity index (χ1) is 30.2. The second-order valence-electron chi connectivity index (χ2n) is 9.36. The Hall–Kier alpha value is -8.30. The Morgan fingerprint density at radius 2 is 0.515 bits per heavy atom. The molecule has 6 heterocycles. The van der Waals surface area contributed by atoms with Gasteiger partial charge in [-0.15, -0.1) is 0 Å². The first-order valence-electron chi connectivity index (χ1n) is 15.7. The van der Waals surface area contributed by atoms with E-state index in [1.54, 1.807) is 63.5 Å². The van der Waals surface area contributed by atoms with Crippen LogP contribution in [0.4, 0.5) is 0 Å². The minimum Gasteiger partial charge on any atom is -0.497 e. The van der Waals surface area contributed by atoms with Crippen LogP contribution < -0.4 is 9.47 Å². The van der Waals surface area contributed by atoms with Crippen LogP contribution in [0.2, 0.25) is 0 Å². The van der Waals surface area contributed by atoms with Gasteiger partial charge in [-0.05, 0) is 60.7 Å². The van der Waals surface area contributed by atoms with Crippen LogP contribution in [0.25, 0.3) is 34.2 Å². The molecule has 0 aliphatic rings. The van der Waals surface area contributed by atoms with Gasteiger partial charge in [-0.25, -0.2) is 0 Å². The van der Waals surface area contributed by atoms with Crippen LogP contribution in [0.3, 0.4) is 0 Å². The van der Waals surface area contributed by atoms with E-state index in [2.05, 4.69) is 29.9 Å². The van der Waals surface area contributed by atoms with E-state index >= 15 is 0 Å². The van der Waals surface area contributed by atoms with Gasteiger partial charge in [-0.2, -0.15) is 0 Å². The number of aromatic nitrogens is 6. The number of ether oxygens (including phenoxy) is 2. The number of pyridine rings is 6. The molecule has 6 aromatic rings. The van der Waals surface area contributed by atoms with Gasteiger partial charge in [-0.1, -0.05) is 24.3 Å². The van der Waals surface area contributed by atoms with Crippen LogP contribution in [-0.4, -0.2) is 74.6 Å². The molecular formula is C32H28CeN12O20Ru. The van der Waals surface area contributed by atoms with Crippen LogP contribution >= 0.6 is 0 Å². The fourth-order valence-electron chi connectivity index (χ4n) is 3.41. The molecule has 2 radical (unpaired) electrons. The number of hydrogen-bond acceptors (Lipinski definition) is 26. The van der Waals surface area contributed by atoms with Gasteiger partial charge in [0.15, 0.2) is 0 Å². The summed E-state index contributed by atoms with van der Waals surface area (Å²) >= 11 is 0. The van der Waals surface area contributed by atoms with Crippen LogP contribution in [0.1, 0.15) is 0 Å². The van der Waals surface area contributed by atoms with Crippen molar-refractivity contribution in [3.63, 3.8) is 0 Å². The van der Waals surface area contributed by atoms with Gasteiger partial charge >= 0.3 is 61.2 Å². The zero-order valence-corrected chi connectivity index (χ0v) is 38.0. The van der Waals surface area contributed by atoms with Crippen LogP contribution in [-0.2, 0) is 19.5 Å². The first-order valence-corrected chi connectivity index (χ1v) is 15.7. The summed E-state index contributed by atoms with van der Waals surface area (Å²) in [6.45, 7) is 0. The monoisotopic (exact) mass is 1140 g/mol. The van der Waals surface area contributed by atoms with Gasteiger partial charge in [0.2, 0.25) is 0 Å². The number of nitrogens with zero attached hydrogens (tertiary/aromatic N) is 12. The summed E-state index contributed by atoms with van der Waals surface area (Å²) in [6.07, 6.45) is 10.5. The molecule has 6 aromatic heterocycles. The average molecular weight is 1140 g/mol. The molecule has 0 bridgehead atoms. The molecule has 0 aromatic carbocycles. The Bertz CT molecular complexity index is 1910. The van der Waals surface area contributed by atoms with E-state index in [1.165, 1.54) is 0 Å². The second-order valence-corrected chi connectivity index (χ2v) is 9.36. The summed E-state index contributed by atoms with van der Waals surface area (Å²) in [5.41, 5.74) is 5.18. The van der Waals surface area contributed by atoms with E-state index in [-0.39, 0.29) is 61.2 Å². The summed E-state index contributed by atoms with van der Waals surface area (Å²) in [6, 6.07) is 30.5. The molecule has 34 heteroatoms. The molecule has 0 saturated carbocycles. The number of methoxy groups -OCH3 is 2. The topological polar surface area (TPSA) is 493 Å². The van der Waals surface area contributed by atoms with Gasteiger partial charge in [0.05, 0.1) is 78.9 Å². The van der Waals surface area contributed by atoms with Crippen LogP contribution in [0, 0.1) is 134 Å². The SMILES string of the molecule is COc1ccnc(-c2cc(OC)ccn2)c1.O=[N+]([O-])[O-].O=[N+]([O-])[O-].O=[N+]([O-])[O-].O=[N+]([O-])[O-].O=[N+]([O-])[O-].O=[N+]([O-])[O-].[Ce+3].[Ru+3].c1ccc(-c2ccccn2)nc1.c1ccc(-c2ccccn2)nc1. The van der Waals surface area contributed by atoms with Crippen molar-refractivity contribution in [3.8, 4) is 45.7 Å². The van der Waals surface area contributed by atoms with E-state index in [1.807, 2.05) is 84.9 Å². The van der Waals surface area contributed by atoms with Gasteiger partial charge in [-0.3, -0.25) is 29.9 Å². The van der Waals surface area contributed by atoms with Crippen molar-refractivity contribution in [2.24, 2.45) is 0 Å². The molecule has 6 rings (SSSR count). The summed E-state index contributed by atoms with van der Waals surface area (Å²) in [5, 5.41) is 88.5. The maximum atomic E-state index is 8.25. The number of hydrogen-bond donors (Lipinski definition) is 0. The minimum atomic E-state index is -1.75. The van der Waals surface area contributed by atoms with Crippen molar-refractivity contribution in [1.82, 2.24) is 29.9 Å². The predicted molar refractivity (Wildman–Crippen MR) is 218 cm³/mol. The van der Waals surface area contributed by atoms with Gasteiger partial charge in [0.1, 0.15) is 11.5 Å². The zero-order chi connectivity index (χ0) is 49.3. The third-order valence-corrected chi connectivity index (χ3v) is 5.38. The van der Waals surface area contributed by atoms with Crippen molar-refractivity contribution in [2.75, 3.05) is 14.2 Å². The molecule has 0 fully saturated rings. The molecule has 0 aliphatic carbocycles. The molecule has 32 nitrogen and oxygen atoms in total. The standard InChI is InChI=1S/C12H12N2O2.2C10H8N2.Ce.6NO3.Ru/c1-15-9-3-5-13-11(7-9)12-8-10(16-2)4-6-14-12;2*1-3-7-11-9(5-1)10-6-2-4-8-12-10;;6*2-1(3)4;/h3-8H,1-2H3;2*1-8H;;;;;;;;/q;;;+3;6*-1;+3. The Morgan fingerprint density at radius 1 is 0.333 bits per heavy atom. The van der Waals surface area contributed by atoms with E-state index in [0.717, 1.165) is 45.7 Å². The third-order valence-electron chi connectivity index (χ3n) is 5.38. The van der Waals surface area contributed by atoms with Crippen molar-refractivity contribution in [1.29, 1.82) is 0 Å². The van der Waals surface area contributed by atoms with E-state index in [9.17, 15) is 0 Å². The minimum absolute atomic E-state index is 0. The molecule has 0 unspecified atom stereocenters.